The van der Waals surface area contributed by atoms with E-state index < -0.39 is 0 Å². The summed E-state index contributed by atoms with van der Waals surface area (Å²) in [5, 5.41) is 0. The molecule has 5 heteroatoms. The van der Waals surface area contributed by atoms with Crippen molar-refractivity contribution in [3.8, 4) is 0 Å². The van der Waals surface area contributed by atoms with Crippen LogP contribution < -0.4 is 0 Å². The summed E-state index contributed by atoms with van der Waals surface area (Å²) in [6, 6.07) is 0. The first kappa shape index (κ1) is 29.9. The lowest BCUT2D eigenvalue weighted by Gasteiger charge is -2.16. The van der Waals surface area contributed by atoms with Crippen molar-refractivity contribution in [2.24, 2.45) is 5.92 Å². The zero-order valence-corrected chi connectivity index (χ0v) is 20.8. The number of rotatable bonds is 23. The third kappa shape index (κ3) is 21.9. The van der Waals surface area contributed by atoms with Gasteiger partial charge in [-0.3, -0.25) is 9.59 Å². The van der Waals surface area contributed by atoms with E-state index in [0.29, 0.717) is 32.0 Å². The Balaban J connectivity index is 3.69. The van der Waals surface area contributed by atoms with Crippen molar-refractivity contribution in [1.29, 1.82) is 0 Å². The van der Waals surface area contributed by atoms with Crippen molar-refractivity contribution in [3.63, 3.8) is 0 Å². The van der Waals surface area contributed by atoms with Gasteiger partial charge in [0.2, 0.25) is 0 Å². The minimum absolute atomic E-state index is 0.203. The van der Waals surface area contributed by atoms with E-state index in [0.717, 1.165) is 32.3 Å². The van der Waals surface area contributed by atoms with Gasteiger partial charge in [-0.1, -0.05) is 84.5 Å². The Hall–Kier alpha value is -1.10. The Morgan fingerprint density at radius 1 is 0.581 bits per heavy atom. The van der Waals surface area contributed by atoms with Crippen LogP contribution in [0.3, 0.4) is 0 Å². The second-order valence-corrected chi connectivity index (χ2v) is 8.70. The summed E-state index contributed by atoms with van der Waals surface area (Å²) < 4.78 is 15.8. The van der Waals surface area contributed by atoms with Crippen LogP contribution in [0.4, 0.5) is 0 Å². The fourth-order valence-electron chi connectivity index (χ4n) is 3.68. The Kier molecular flexibility index (Phi) is 22.7. The van der Waals surface area contributed by atoms with Crippen molar-refractivity contribution in [3.05, 3.63) is 0 Å². The largest absolute Gasteiger partial charge is 0.466 e. The molecule has 1 atom stereocenters. The fraction of sp³-hybridized carbons (Fsp3) is 0.923. The Labute approximate surface area is 192 Å². The number of hydrogen-bond acceptors (Lipinski definition) is 5. The molecule has 0 aliphatic rings. The lowest BCUT2D eigenvalue weighted by atomic mass is 9.95. The predicted octanol–water partition coefficient (Wildman–Crippen LogP) is 7.01. The van der Waals surface area contributed by atoms with E-state index in [1.54, 1.807) is 7.11 Å². The van der Waals surface area contributed by atoms with Gasteiger partial charge in [0.15, 0.2) is 0 Å². The maximum Gasteiger partial charge on any atom is 0.305 e. The van der Waals surface area contributed by atoms with Gasteiger partial charge in [0, 0.05) is 26.6 Å². The topological polar surface area (TPSA) is 61.8 Å². The monoisotopic (exact) mass is 442 g/mol. The van der Waals surface area contributed by atoms with Gasteiger partial charge in [-0.15, -0.1) is 0 Å². The molecule has 0 rings (SSSR count). The van der Waals surface area contributed by atoms with Crippen molar-refractivity contribution < 1.29 is 23.8 Å². The first-order chi connectivity index (χ1) is 15.1. The van der Waals surface area contributed by atoms with Crippen LogP contribution in [0.1, 0.15) is 123 Å². The van der Waals surface area contributed by atoms with E-state index in [9.17, 15) is 9.59 Å². The van der Waals surface area contributed by atoms with Crippen LogP contribution >= 0.6 is 0 Å². The van der Waals surface area contributed by atoms with Crippen molar-refractivity contribution in [2.45, 2.75) is 123 Å². The number of carbonyl (C=O) groups is 2. The van der Waals surface area contributed by atoms with Gasteiger partial charge >= 0.3 is 11.9 Å². The maximum atomic E-state index is 11.9. The average molecular weight is 443 g/mol. The Bertz CT molecular complexity index is 411. The highest BCUT2D eigenvalue weighted by Crippen LogP contribution is 2.18. The second kappa shape index (κ2) is 23.6. The summed E-state index contributed by atoms with van der Waals surface area (Å²) in [5.41, 5.74) is 0. The normalized spacial score (nSPS) is 12.0. The SMILES string of the molecule is CCCCCCCCCOC(=O)CCCC(=O)OCCC(CCCCCC)CCOC. The van der Waals surface area contributed by atoms with Crippen LogP contribution in [0.25, 0.3) is 0 Å². The molecule has 0 spiro atoms. The van der Waals surface area contributed by atoms with Crippen molar-refractivity contribution >= 4 is 11.9 Å². The molecule has 0 aliphatic carbocycles. The van der Waals surface area contributed by atoms with E-state index >= 15 is 0 Å². The summed E-state index contributed by atoms with van der Waals surface area (Å²) in [7, 11) is 1.73. The summed E-state index contributed by atoms with van der Waals surface area (Å²) >= 11 is 0. The molecule has 0 saturated heterocycles. The molecule has 0 fully saturated rings. The Morgan fingerprint density at radius 3 is 1.71 bits per heavy atom. The fourth-order valence-corrected chi connectivity index (χ4v) is 3.68. The number of carbonyl (C=O) groups excluding carboxylic acids is 2. The third-order valence-electron chi connectivity index (χ3n) is 5.76. The molecule has 0 aromatic carbocycles. The maximum absolute atomic E-state index is 11.9. The molecule has 0 N–H and O–H groups in total. The lowest BCUT2D eigenvalue weighted by molar-refractivity contribution is -0.145. The molecular weight excluding hydrogens is 392 g/mol. The van der Waals surface area contributed by atoms with Gasteiger partial charge in [0.1, 0.15) is 0 Å². The van der Waals surface area contributed by atoms with Crippen molar-refractivity contribution in [2.75, 3.05) is 26.9 Å². The highest BCUT2D eigenvalue weighted by atomic mass is 16.5. The molecular formula is C26H50O5. The van der Waals surface area contributed by atoms with E-state index in [1.165, 1.54) is 64.2 Å². The zero-order valence-electron chi connectivity index (χ0n) is 20.8. The van der Waals surface area contributed by atoms with Crippen LogP contribution in [-0.2, 0) is 23.8 Å². The van der Waals surface area contributed by atoms with Crippen LogP contribution in [0, 0.1) is 5.92 Å². The molecule has 31 heavy (non-hydrogen) atoms. The average Bonchev–Trinajstić information content (AvgIpc) is 2.76. The van der Waals surface area contributed by atoms with Gasteiger partial charge < -0.3 is 14.2 Å². The van der Waals surface area contributed by atoms with Gasteiger partial charge in [-0.25, -0.2) is 0 Å². The van der Waals surface area contributed by atoms with Crippen LogP contribution in [0.5, 0.6) is 0 Å². The molecule has 0 radical (unpaired) electrons. The minimum Gasteiger partial charge on any atom is -0.466 e. The van der Waals surface area contributed by atoms with Gasteiger partial charge in [0.05, 0.1) is 13.2 Å². The zero-order chi connectivity index (χ0) is 23.0. The van der Waals surface area contributed by atoms with Gasteiger partial charge in [-0.05, 0) is 31.6 Å². The van der Waals surface area contributed by atoms with E-state index in [-0.39, 0.29) is 18.4 Å². The summed E-state index contributed by atoms with van der Waals surface area (Å²) in [6.45, 7) is 6.16. The number of methoxy groups -OCH3 is 1. The van der Waals surface area contributed by atoms with Crippen LogP contribution in [0.15, 0.2) is 0 Å². The molecule has 0 aliphatic heterocycles. The number of ether oxygens (including phenoxy) is 3. The lowest BCUT2D eigenvalue weighted by Crippen LogP contribution is -2.12. The number of esters is 2. The molecule has 5 nitrogen and oxygen atoms in total. The van der Waals surface area contributed by atoms with Crippen LogP contribution in [0.2, 0.25) is 0 Å². The third-order valence-corrected chi connectivity index (χ3v) is 5.76. The molecule has 1 unspecified atom stereocenters. The standard InChI is InChI=1S/C26H50O5/c1-4-6-8-10-11-12-14-21-30-25(27)17-15-18-26(28)31-23-20-24(19-22-29-3)16-13-9-7-5-2/h24H,4-23H2,1-3H3. The number of unbranched alkanes of at least 4 members (excludes halogenated alkanes) is 9. The van der Waals surface area contributed by atoms with Crippen LogP contribution in [-0.4, -0.2) is 38.9 Å². The first-order valence-corrected chi connectivity index (χ1v) is 12.9. The predicted molar refractivity (Wildman–Crippen MR) is 127 cm³/mol. The molecule has 0 bridgehead atoms. The van der Waals surface area contributed by atoms with Gasteiger partial charge in [0.25, 0.3) is 0 Å². The summed E-state index contributed by atoms with van der Waals surface area (Å²) in [5.74, 6) is 0.132. The van der Waals surface area contributed by atoms with Crippen molar-refractivity contribution in [1.82, 2.24) is 0 Å². The molecule has 0 saturated carbocycles. The molecule has 184 valence electrons. The molecule has 0 aromatic heterocycles. The number of hydrogen-bond donors (Lipinski definition) is 0. The molecule has 0 heterocycles. The van der Waals surface area contributed by atoms with E-state index in [2.05, 4.69) is 13.8 Å². The minimum atomic E-state index is -0.212. The first-order valence-electron chi connectivity index (χ1n) is 12.9. The summed E-state index contributed by atoms with van der Waals surface area (Å²) in [6.07, 6.45) is 17.6. The highest BCUT2D eigenvalue weighted by Gasteiger charge is 2.11. The summed E-state index contributed by atoms with van der Waals surface area (Å²) in [4.78, 5) is 23.7. The quantitative estimate of drug-likeness (QED) is 0.126. The second-order valence-electron chi connectivity index (χ2n) is 8.70. The smallest absolute Gasteiger partial charge is 0.305 e. The van der Waals surface area contributed by atoms with E-state index in [1.807, 2.05) is 0 Å². The Morgan fingerprint density at radius 2 is 1.10 bits per heavy atom. The highest BCUT2D eigenvalue weighted by molar-refractivity contribution is 5.72. The molecule has 0 aromatic rings. The molecule has 0 amide bonds. The van der Waals surface area contributed by atoms with E-state index in [4.69, 9.17) is 14.2 Å². The van der Waals surface area contributed by atoms with Gasteiger partial charge in [-0.2, -0.15) is 0 Å².